The second-order valence-corrected chi connectivity index (χ2v) is 4.45. The number of nitrogens with one attached hydrogen (secondary N) is 1. The highest BCUT2D eigenvalue weighted by Crippen LogP contribution is 2.22. The lowest BCUT2D eigenvalue weighted by Crippen LogP contribution is -2.34. The summed E-state index contributed by atoms with van der Waals surface area (Å²) in [5.74, 6) is -5.08. The molecule has 3 N–H and O–H groups in total. The van der Waals surface area contributed by atoms with Crippen molar-refractivity contribution in [2.75, 3.05) is 18.5 Å². The molecule has 0 saturated heterocycles. The average molecular weight is 324 g/mol. The molecule has 1 aromatic rings. The van der Waals surface area contributed by atoms with Crippen LogP contribution >= 0.6 is 12.2 Å². The van der Waals surface area contributed by atoms with Crippen LogP contribution in [0.1, 0.15) is 5.56 Å². The van der Waals surface area contributed by atoms with Gasteiger partial charge in [-0.05, 0) is 12.1 Å². The Morgan fingerprint density at radius 3 is 2.57 bits per heavy atom. The molecule has 0 radical (unpaired) electrons. The first-order valence-corrected chi connectivity index (χ1v) is 6.07. The standard InChI is InChI=1S/C12H12F4N2O2S/c13-11(14)12(15,16)6-20-5-9(19)18-8-4-2-1-3-7(8)10(17)21/h1-4,11H,5-6H2,(H2,17,21)(H,18,19). The maximum absolute atomic E-state index is 12.6. The summed E-state index contributed by atoms with van der Waals surface area (Å²) in [6.07, 6.45) is -3.85. The zero-order valence-corrected chi connectivity index (χ0v) is 11.4. The Labute approximate surface area is 123 Å². The molecule has 0 atom stereocenters. The summed E-state index contributed by atoms with van der Waals surface area (Å²) in [5, 5.41) is 2.34. The number of ether oxygens (including phenoxy) is 1. The average Bonchev–Trinajstić information content (AvgIpc) is 2.38. The molecule has 0 aromatic heterocycles. The lowest BCUT2D eigenvalue weighted by atomic mass is 10.2. The third-order valence-corrected chi connectivity index (χ3v) is 2.53. The Bertz CT molecular complexity index is 526. The summed E-state index contributed by atoms with van der Waals surface area (Å²) >= 11 is 4.78. The molecule has 0 fully saturated rings. The van der Waals surface area contributed by atoms with Gasteiger partial charge in [-0.2, -0.15) is 8.78 Å². The van der Waals surface area contributed by atoms with E-state index in [0.29, 0.717) is 5.56 Å². The van der Waals surface area contributed by atoms with Gasteiger partial charge in [0.15, 0.2) is 0 Å². The third kappa shape index (κ3) is 5.27. The van der Waals surface area contributed by atoms with Gasteiger partial charge in [-0.3, -0.25) is 4.79 Å². The minimum absolute atomic E-state index is 0.0380. The zero-order chi connectivity index (χ0) is 16.0. The quantitative estimate of drug-likeness (QED) is 0.596. The van der Waals surface area contributed by atoms with E-state index in [1.165, 1.54) is 6.07 Å². The Balaban J connectivity index is 2.54. The number of rotatable bonds is 7. The van der Waals surface area contributed by atoms with Gasteiger partial charge in [-0.15, -0.1) is 0 Å². The second kappa shape index (κ2) is 7.32. The van der Waals surface area contributed by atoms with Crippen LogP contribution in [0.4, 0.5) is 23.2 Å². The molecule has 0 heterocycles. The molecule has 1 aromatic carbocycles. The van der Waals surface area contributed by atoms with Crippen molar-refractivity contribution in [2.24, 2.45) is 5.73 Å². The summed E-state index contributed by atoms with van der Waals surface area (Å²) in [4.78, 5) is 11.5. The molecule has 0 aliphatic heterocycles. The number of carbonyl (C=O) groups is 1. The number of carbonyl (C=O) groups excluding carboxylic acids is 1. The summed E-state index contributed by atoms with van der Waals surface area (Å²) in [6, 6.07) is 6.30. The van der Waals surface area contributed by atoms with E-state index >= 15 is 0 Å². The van der Waals surface area contributed by atoms with Crippen molar-refractivity contribution in [1.82, 2.24) is 0 Å². The predicted octanol–water partition coefficient (Wildman–Crippen LogP) is 2.18. The number of thiocarbonyl (C=S) groups is 1. The molecule has 0 spiro atoms. The van der Waals surface area contributed by atoms with Crippen LogP contribution in [-0.4, -0.2) is 36.5 Å². The maximum Gasteiger partial charge on any atom is 0.330 e. The van der Waals surface area contributed by atoms with E-state index < -0.39 is 31.5 Å². The minimum atomic E-state index is -4.29. The normalized spacial score (nSPS) is 11.5. The summed E-state index contributed by atoms with van der Waals surface area (Å²) in [7, 11) is 0. The molecule has 9 heteroatoms. The van der Waals surface area contributed by atoms with Crippen LogP contribution in [0.25, 0.3) is 0 Å². The van der Waals surface area contributed by atoms with Crippen molar-refractivity contribution in [1.29, 1.82) is 0 Å². The minimum Gasteiger partial charge on any atom is -0.389 e. The molecule has 1 amide bonds. The Hall–Kier alpha value is -1.74. The second-order valence-electron chi connectivity index (χ2n) is 4.01. The molecule has 0 saturated carbocycles. The van der Waals surface area contributed by atoms with Gasteiger partial charge in [0.25, 0.3) is 0 Å². The third-order valence-electron chi connectivity index (χ3n) is 2.31. The van der Waals surface area contributed by atoms with Crippen LogP contribution < -0.4 is 11.1 Å². The number of halogens is 4. The highest BCUT2D eigenvalue weighted by atomic mass is 32.1. The molecule has 116 valence electrons. The fourth-order valence-electron chi connectivity index (χ4n) is 1.34. The Morgan fingerprint density at radius 2 is 2.00 bits per heavy atom. The predicted molar refractivity (Wildman–Crippen MR) is 72.7 cm³/mol. The Kier molecular flexibility index (Phi) is 6.03. The largest absolute Gasteiger partial charge is 0.389 e. The molecule has 0 aliphatic carbocycles. The fourth-order valence-corrected chi connectivity index (χ4v) is 1.51. The summed E-state index contributed by atoms with van der Waals surface area (Å²) in [5.41, 5.74) is 6.11. The zero-order valence-electron chi connectivity index (χ0n) is 10.6. The van der Waals surface area contributed by atoms with Crippen LogP contribution in [0.15, 0.2) is 24.3 Å². The van der Waals surface area contributed by atoms with Crippen LogP contribution in [0, 0.1) is 0 Å². The first-order chi connectivity index (χ1) is 9.74. The monoisotopic (exact) mass is 324 g/mol. The number of benzene rings is 1. The number of anilines is 1. The van der Waals surface area contributed by atoms with E-state index in [0.717, 1.165) is 0 Å². The van der Waals surface area contributed by atoms with Gasteiger partial charge >= 0.3 is 12.3 Å². The first-order valence-electron chi connectivity index (χ1n) is 5.66. The number of hydrogen-bond acceptors (Lipinski definition) is 3. The van der Waals surface area contributed by atoms with E-state index in [9.17, 15) is 22.4 Å². The Morgan fingerprint density at radius 1 is 1.38 bits per heavy atom. The highest BCUT2D eigenvalue weighted by Gasteiger charge is 2.41. The van der Waals surface area contributed by atoms with Crippen LogP contribution in [0.2, 0.25) is 0 Å². The first kappa shape index (κ1) is 17.3. The number of nitrogens with two attached hydrogens (primary N) is 1. The summed E-state index contributed by atoms with van der Waals surface area (Å²) in [6.45, 7) is -2.34. The maximum atomic E-state index is 12.6. The van der Waals surface area contributed by atoms with Gasteiger partial charge in [-0.1, -0.05) is 24.4 Å². The van der Waals surface area contributed by atoms with Crippen molar-refractivity contribution in [2.45, 2.75) is 12.3 Å². The van der Waals surface area contributed by atoms with Crippen molar-refractivity contribution >= 4 is 28.8 Å². The molecule has 4 nitrogen and oxygen atoms in total. The SMILES string of the molecule is NC(=S)c1ccccc1NC(=O)COCC(F)(F)C(F)F. The van der Waals surface area contributed by atoms with Gasteiger partial charge in [0.2, 0.25) is 5.91 Å². The molecule has 21 heavy (non-hydrogen) atoms. The van der Waals surface area contributed by atoms with Crippen LogP contribution in [0.5, 0.6) is 0 Å². The highest BCUT2D eigenvalue weighted by molar-refractivity contribution is 7.80. The summed E-state index contributed by atoms with van der Waals surface area (Å²) < 4.78 is 53.1. The number of amides is 1. The molecule has 1 rings (SSSR count). The van der Waals surface area contributed by atoms with Crippen LogP contribution in [0.3, 0.4) is 0 Å². The molecular weight excluding hydrogens is 312 g/mol. The lowest BCUT2D eigenvalue weighted by Gasteiger charge is -2.15. The lowest BCUT2D eigenvalue weighted by molar-refractivity contribution is -0.167. The van der Waals surface area contributed by atoms with E-state index in [1.807, 2.05) is 0 Å². The number of para-hydroxylation sites is 1. The van der Waals surface area contributed by atoms with Crippen molar-refractivity contribution in [3.8, 4) is 0 Å². The van der Waals surface area contributed by atoms with Gasteiger partial charge in [0, 0.05) is 5.56 Å². The van der Waals surface area contributed by atoms with Crippen molar-refractivity contribution in [3.05, 3.63) is 29.8 Å². The molecule has 0 aliphatic rings. The molecule has 0 bridgehead atoms. The van der Waals surface area contributed by atoms with E-state index in [2.05, 4.69) is 10.1 Å². The molecule has 0 unspecified atom stereocenters. The smallest absolute Gasteiger partial charge is 0.330 e. The van der Waals surface area contributed by atoms with Gasteiger partial charge < -0.3 is 15.8 Å². The molecular formula is C12H12F4N2O2S. The van der Waals surface area contributed by atoms with Crippen molar-refractivity contribution < 1.29 is 27.1 Å². The van der Waals surface area contributed by atoms with Gasteiger partial charge in [-0.25, -0.2) is 8.78 Å². The number of alkyl halides is 4. The topological polar surface area (TPSA) is 64.3 Å². The van der Waals surface area contributed by atoms with Gasteiger partial charge in [0.05, 0.1) is 5.69 Å². The van der Waals surface area contributed by atoms with Crippen LogP contribution in [-0.2, 0) is 9.53 Å². The van der Waals surface area contributed by atoms with E-state index in [-0.39, 0.29) is 10.7 Å². The number of hydrogen-bond donors (Lipinski definition) is 2. The van der Waals surface area contributed by atoms with E-state index in [4.69, 9.17) is 18.0 Å². The van der Waals surface area contributed by atoms with Crippen molar-refractivity contribution in [3.63, 3.8) is 0 Å². The van der Waals surface area contributed by atoms with Gasteiger partial charge in [0.1, 0.15) is 18.2 Å². The fraction of sp³-hybridized carbons (Fsp3) is 0.333. The van der Waals surface area contributed by atoms with E-state index in [1.54, 1.807) is 18.2 Å².